The van der Waals surface area contributed by atoms with Gasteiger partial charge in [0.25, 0.3) is 0 Å². The molecule has 0 aliphatic carbocycles. The lowest BCUT2D eigenvalue weighted by Crippen LogP contribution is -1.93. The van der Waals surface area contributed by atoms with E-state index in [1.54, 1.807) is 0 Å². The molecule has 11 aromatic rings. The molecule has 0 unspecified atom stereocenters. The Morgan fingerprint density at radius 1 is 0.345 bits per heavy atom. The van der Waals surface area contributed by atoms with Gasteiger partial charge < -0.3 is 9.13 Å². The van der Waals surface area contributed by atoms with Crippen molar-refractivity contribution in [3.63, 3.8) is 0 Å². The third-order valence-corrected chi connectivity index (χ3v) is 12.3. The zero-order chi connectivity index (χ0) is 36.6. The Morgan fingerprint density at radius 3 is 1.09 bits per heavy atom. The fraction of sp³-hybridized carbons (Fsp3) is 0. The summed E-state index contributed by atoms with van der Waals surface area (Å²) in [5.41, 5.74) is 12.7. The largest absolute Gasteiger partial charge is 0.309 e. The molecule has 0 N–H and O–H groups in total. The van der Waals surface area contributed by atoms with Gasteiger partial charge in [-0.15, -0.1) is 11.3 Å². The van der Waals surface area contributed by atoms with Gasteiger partial charge in [0.05, 0.1) is 45.3 Å². The van der Waals surface area contributed by atoms with Crippen LogP contribution in [0, 0.1) is 22.7 Å². The first kappa shape index (κ1) is 31.1. The van der Waals surface area contributed by atoms with Crippen molar-refractivity contribution in [3.8, 4) is 45.8 Å². The fourth-order valence-electron chi connectivity index (χ4n) is 8.43. The lowest BCUT2D eigenvalue weighted by atomic mass is 10.0. The van der Waals surface area contributed by atoms with Gasteiger partial charge in [0.2, 0.25) is 0 Å². The second-order valence-corrected chi connectivity index (χ2v) is 15.0. The van der Waals surface area contributed by atoms with Crippen LogP contribution in [0.1, 0.15) is 11.1 Å². The smallest absolute Gasteiger partial charge is 0.0991 e. The topological polar surface area (TPSA) is 57.4 Å². The second-order valence-electron chi connectivity index (χ2n) is 14.0. The average Bonchev–Trinajstić information content (AvgIpc) is 3.91. The van der Waals surface area contributed by atoms with E-state index in [4.69, 9.17) is 0 Å². The summed E-state index contributed by atoms with van der Waals surface area (Å²) in [5.74, 6) is 0. The third-order valence-electron chi connectivity index (χ3n) is 11.0. The Bertz CT molecular complexity index is 3170. The van der Waals surface area contributed by atoms with Crippen LogP contribution in [-0.4, -0.2) is 9.13 Å². The summed E-state index contributed by atoms with van der Waals surface area (Å²) in [7, 11) is 0. The van der Waals surface area contributed by atoms with Gasteiger partial charge in [-0.1, -0.05) is 97.1 Å². The molecule has 254 valence electrons. The molecule has 0 spiro atoms. The van der Waals surface area contributed by atoms with Crippen molar-refractivity contribution in [1.82, 2.24) is 9.13 Å². The number of hydrogen-bond acceptors (Lipinski definition) is 3. The maximum atomic E-state index is 9.24. The predicted molar refractivity (Wildman–Crippen MR) is 228 cm³/mol. The summed E-state index contributed by atoms with van der Waals surface area (Å²) in [5, 5.41) is 26.1. The van der Waals surface area contributed by atoms with E-state index in [2.05, 4.69) is 143 Å². The number of rotatable bonds is 4. The normalized spacial score (nSPS) is 11.6. The Labute approximate surface area is 320 Å². The monoisotopic (exact) mass is 716 g/mol. The number of aromatic nitrogens is 2. The van der Waals surface area contributed by atoms with Crippen LogP contribution in [0.4, 0.5) is 0 Å². The number of nitriles is 2. The average molecular weight is 717 g/mol. The molecule has 0 radical (unpaired) electrons. The van der Waals surface area contributed by atoms with E-state index in [0.29, 0.717) is 11.1 Å². The zero-order valence-electron chi connectivity index (χ0n) is 29.4. The van der Waals surface area contributed by atoms with Gasteiger partial charge >= 0.3 is 0 Å². The van der Waals surface area contributed by atoms with E-state index in [1.807, 2.05) is 59.9 Å². The third kappa shape index (κ3) is 4.68. The van der Waals surface area contributed by atoms with Crippen molar-refractivity contribution in [2.45, 2.75) is 0 Å². The molecule has 8 aromatic carbocycles. The number of fused-ring (bicyclic) bond motifs is 11. The summed E-state index contributed by atoms with van der Waals surface area (Å²) >= 11 is 1.90. The first-order chi connectivity index (χ1) is 27.2. The minimum atomic E-state index is 0.663. The van der Waals surface area contributed by atoms with E-state index in [-0.39, 0.29) is 0 Å². The summed E-state index contributed by atoms with van der Waals surface area (Å²) in [6.07, 6.45) is 0. The van der Waals surface area contributed by atoms with Crippen LogP contribution in [0.15, 0.2) is 170 Å². The highest BCUT2D eigenvalue weighted by Gasteiger charge is 2.21. The number of nitrogens with zero attached hydrogens (tertiary/aromatic N) is 4. The van der Waals surface area contributed by atoms with Crippen molar-refractivity contribution in [2.24, 2.45) is 0 Å². The van der Waals surface area contributed by atoms with Gasteiger partial charge in [0.1, 0.15) is 0 Å². The summed E-state index contributed by atoms with van der Waals surface area (Å²) in [6, 6.07) is 64.1. The molecule has 55 heavy (non-hydrogen) atoms. The van der Waals surface area contributed by atoms with Crippen LogP contribution in [0.2, 0.25) is 0 Å². The summed E-state index contributed by atoms with van der Waals surface area (Å²) in [6.45, 7) is 0. The fourth-order valence-corrected chi connectivity index (χ4v) is 9.85. The first-order valence-corrected chi connectivity index (χ1v) is 19.0. The summed E-state index contributed by atoms with van der Waals surface area (Å²) < 4.78 is 7.38. The Hall–Kier alpha value is -7.44. The van der Waals surface area contributed by atoms with E-state index in [9.17, 15) is 10.5 Å². The molecule has 0 saturated heterocycles. The lowest BCUT2D eigenvalue weighted by Gasteiger charge is -2.10. The van der Waals surface area contributed by atoms with Crippen molar-refractivity contribution < 1.29 is 0 Å². The molecule has 5 heteroatoms. The molecule has 4 nitrogen and oxygen atoms in total. The Balaban J connectivity index is 1.09. The summed E-state index contributed by atoms with van der Waals surface area (Å²) in [4.78, 5) is 0. The van der Waals surface area contributed by atoms with Crippen LogP contribution in [0.5, 0.6) is 0 Å². The van der Waals surface area contributed by atoms with Gasteiger partial charge in [0.15, 0.2) is 0 Å². The van der Waals surface area contributed by atoms with Gasteiger partial charge in [-0.3, -0.25) is 0 Å². The minimum Gasteiger partial charge on any atom is -0.309 e. The number of benzene rings is 8. The molecular weight excluding hydrogens is 689 g/mol. The van der Waals surface area contributed by atoms with Crippen molar-refractivity contribution in [1.29, 1.82) is 10.5 Å². The van der Waals surface area contributed by atoms with E-state index < -0.39 is 0 Å². The van der Waals surface area contributed by atoms with Crippen molar-refractivity contribution >= 4 is 75.1 Å². The van der Waals surface area contributed by atoms with Gasteiger partial charge in [-0.2, -0.15) is 10.5 Å². The molecule has 3 aromatic heterocycles. The molecule has 0 aliphatic rings. The zero-order valence-corrected chi connectivity index (χ0v) is 30.2. The molecule has 11 rings (SSSR count). The molecule has 0 aliphatic heterocycles. The Kier molecular flexibility index (Phi) is 6.82. The Morgan fingerprint density at radius 2 is 0.709 bits per heavy atom. The molecule has 0 saturated carbocycles. The van der Waals surface area contributed by atoms with Gasteiger partial charge in [-0.25, -0.2) is 0 Å². The second kappa shape index (κ2) is 12.0. The van der Waals surface area contributed by atoms with Crippen LogP contribution < -0.4 is 0 Å². The molecule has 0 fully saturated rings. The SMILES string of the molecule is N#Cc1ccc(-c2ccc(-n3c4ccccc4c4c5sc6c(ccc7c6c6ccccc6n7-c6ccc(-c7ccc(C#N)cc7)cc6)c5ccc43)cc2)cc1. The minimum absolute atomic E-state index is 0.663. The van der Waals surface area contributed by atoms with Crippen LogP contribution in [-0.2, 0) is 0 Å². The number of para-hydroxylation sites is 2. The highest BCUT2D eigenvalue weighted by molar-refractivity contribution is 7.27. The predicted octanol–water partition coefficient (Wildman–Crippen LogP) is 13.3. The standard InChI is InChI=1S/C50H28N4S/c51-29-31-9-13-33(14-10-31)35-17-21-37(22-18-35)53-43-7-3-1-5-41(43)47-45(53)27-25-39-40-26-28-46-48(50(40)55-49(39)47)42-6-2-4-8-44(42)54(46)38-23-19-36(20-24-38)34-15-11-32(30-52)12-16-34/h1-28H. The number of hydrogen-bond donors (Lipinski definition) is 0. The van der Waals surface area contributed by atoms with Crippen LogP contribution in [0.3, 0.4) is 0 Å². The van der Waals surface area contributed by atoms with E-state index in [0.717, 1.165) is 33.6 Å². The molecule has 0 bridgehead atoms. The van der Waals surface area contributed by atoms with Gasteiger partial charge in [-0.05, 0) is 95.1 Å². The van der Waals surface area contributed by atoms with Gasteiger partial charge in [0, 0.05) is 53.1 Å². The molecular formula is C50H28N4S. The van der Waals surface area contributed by atoms with Crippen LogP contribution in [0.25, 0.3) is 97.4 Å². The van der Waals surface area contributed by atoms with E-state index in [1.165, 1.54) is 63.8 Å². The highest BCUT2D eigenvalue weighted by Crippen LogP contribution is 2.47. The quantitative estimate of drug-likeness (QED) is 0.182. The van der Waals surface area contributed by atoms with Crippen molar-refractivity contribution in [2.75, 3.05) is 0 Å². The molecule has 3 heterocycles. The molecule has 0 atom stereocenters. The van der Waals surface area contributed by atoms with Crippen LogP contribution >= 0.6 is 11.3 Å². The molecule has 0 amide bonds. The first-order valence-electron chi connectivity index (χ1n) is 18.2. The van der Waals surface area contributed by atoms with Crippen molar-refractivity contribution in [3.05, 3.63) is 181 Å². The maximum absolute atomic E-state index is 9.24. The number of thiophene rings is 1. The lowest BCUT2D eigenvalue weighted by molar-refractivity contribution is 1.18. The van der Waals surface area contributed by atoms with E-state index >= 15 is 0 Å². The maximum Gasteiger partial charge on any atom is 0.0991 e. The highest BCUT2D eigenvalue weighted by atomic mass is 32.1.